The monoisotopic (exact) mass is 297 g/mol. The van der Waals surface area contributed by atoms with E-state index in [4.69, 9.17) is 0 Å². The van der Waals surface area contributed by atoms with E-state index >= 15 is 0 Å². The quantitative estimate of drug-likeness (QED) is 0.925. The van der Waals surface area contributed by atoms with Crippen molar-refractivity contribution in [3.05, 3.63) is 23.8 Å². The highest BCUT2D eigenvalue weighted by Crippen LogP contribution is 2.29. The highest BCUT2D eigenvalue weighted by atomic mass is 32.2. The summed E-state index contributed by atoms with van der Waals surface area (Å²) in [7, 11) is -3.40. The molecule has 110 valence electrons. The molecule has 0 saturated carbocycles. The van der Waals surface area contributed by atoms with Gasteiger partial charge in [0, 0.05) is 18.8 Å². The molecule has 0 aromatic heterocycles. The number of carbonyl (C=O) groups is 1. The number of carboxylic acid groups (broad SMARTS) is 1. The smallest absolute Gasteiger partial charge is 0.337 e. The molecule has 5 nitrogen and oxygen atoms in total. The van der Waals surface area contributed by atoms with Gasteiger partial charge in [-0.25, -0.2) is 13.2 Å². The van der Waals surface area contributed by atoms with Crippen molar-refractivity contribution in [3.8, 4) is 0 Å². The minimum atomic E-state index is -3.40. The first-order valence-electron chi connectivity index (χ1n) is 6.65. The zero-order valence-electron chi connectivity index (χ0n) is 11.7. The number of carboxylic acids is 1. The SMILES string of the molecule is CC1CCCCN1c1ccc(S(C)(=O)=O)cc1C(=O)O. The van der Waals surface area contributed by atoms with Crippen LogP contribution in [0.2, 0.25) is 0 Å². The van der Waals surface area contributed by atoms with E-state index in [1.165, 1.54) is 12.1 Å². The Hall–Kier alpha value is -1.56. The predicted octanol–water partition coefficient (Wildman–Crippen LogP) is 2.17. The largest absolute Gasteiger partial charge is 0.478 e. The van der Waals surface area contributed by atoms with E-state index in [0.717, 1.165) is 32.1 Å². The molecular weight excluding hydrogens is 278 g/mol. The van der Waals surface area contributed by atoms with E-state index in [0.29, 0.717) is 5.69 Å². The van der Waals surface area contributed by atoms with Gasteiger partial charge in [-0.3, -0.25) is 0 Å². The van der Waals surface area contributed by atoms with Crippen LogP contribution in [0.1, 0.15) is 36.5 Å². The number of rotatable bonds is 3. The van der Waals surface area contributed by atoms with Gasteiger partial charge in [-0.05, 0) is 44.4 Å². The summed E-state index contributed by atoms with van der Waals surface area (Å²) in [6.45, 7) is 2.87. The molecular formula is C14H19NO4S. The molecule has 2 rings (SSSR count). The molecule has 0 bridgehead atoms. The van der Waals surface area contributed by atoms with Gasteiger partial charge in [0.15, 0.2) is 9.84 Å². The standard InChI is InChI=1S/C14H19NO4S/c1-10-5-3-4-8-15(10)13-7-6-11(20(2,18)19)9-12(13)14(16)17/h6-7,9-10H,3-5,8H2,1-2H3,(H,16,17). The lowest BCUT2D eigenvalue weighted by atomic mass is 10.0. The highest BCUT2D eigenvalue weighted by Gasteiger charge is 2.24. The molecule has 1 saturated heterocycles. The maximum absolute atomic E-state index is 11.6. The molecule has 1 fully saturated rings. The lowest BCUT2D eigenvalue weighted by molar-refractivity contribution is 0.0697. The topological polar surface area (TPSA) is 74.7 Å². The van der Waals surface area contributed by atoms with Crippen LogP contribution in [0.3, 0.4) is 0 Å². The Bertz CT molecular complexity index is 624. The summed E-state index contributed by atoms with van der Waals surface area (Å²) >= 11 is 0. The third-order valence-corrected chi connectivity index (χ3v) is 4.85. The summed E-state index contributed by atoms with van der Waals surface area (Å²) in [5, 5.41) is 9.35. The molecule has 1 atom stereocenters. The Morgan fingerprint density at radius 1 is 1.35 bits per heavy atom. The van der Waals surface area contributed by atoms with Gasteiger partial charge < -0.3 is 10.0 Å². The summed E-state index contributed by atoms with van der Waals surface area (Å²) in [6.07, 6.45) is 4.27. The van der Waals surface area contributed by atoms with Gasteiger partial charge in [0.05, 0.1) is 16.1 Å². The summed E-state index contributed by atoms with van der Waals surface area (Å²) in [4.78, 5) is 13.5. The van der Waals surface area contributed by atoms with Gasteiger partial charge in [0.25, 0.3) is 0 Å². The van der Waals surface area contributed by atoms with Crippen molar-refractivity contribution in [2.24, 2.45) is 0 Å². The van der Waals surface area contributed by atoms with E-state index in [9.17, 15) is 18.3 Å². The van der Waals surface area contributed by atoms with Crippen LogP contribution in [-0.2, 0) is 9.84 Å². The van der Waals surface area contributed by atoms with Crippen molar-refractivity contribution < 1.29 is 18.3 Å². The maximum Gasteiger partial charge on any atom is 0.337 e. The molecule has 1 aliphatic rings. The minimum Gasteiger partial charge on any atom is -0.478 e. The molecule has 1 aromatic carbocycles. The molecule has 1 unspecified atom stereocenters. The van der Waals surface area contributed by atoms with Gasteiger partial charge in [0.2, 0.25) is 0 Å². The second kappa shape index (κ2) is 5.44. The molecule has 20 heavy (non-hydrogen) atoms. The molecule has 1 aromatic rings. The second-order valence-electron chi connectivity index (χ2n) is 5.29. The Kier molecular flexibility index (Phi) is 4.04. The van der Waals surface area contributed by atoms with Crippen molar-refractivity contribution in [2.45, 2.75) is 37.1 Å². The van der Waals surface area contributed by atoms with Gasteiger partial charge in [-0.2, -0.15) is 0 Å². The fourth-order valence-corrected chi connectivity index (χ4v) is 3.27. The third-order valence-electron chi connectivity index (χ3n) is 3.74. The van der Waals surface area contributed by atoms with Gasteiger partial charge in [-0.15, -0.1) is 0 Å². The summed E-state index contributed by atoms with van der Waals surface area (Å²) in [5.74, 6) is -1.09. The van der Waals surface area contributed by atoms with Crippen LogP contribution in [0.25, 0.3) is 0 Å². The van der Waals surface area contributed by atoms with E-state index in [2.05, 4.69) is 11.8 Å². The van der Waals surface area contributed by atoms with Crippen molar-refractivity contribution in [1.29, 1.82) is 0 Å². The van der Waals surface area contributed by atoms with Crippen molar-refractivity contribution in [1.82, 2.24) is 0 Å². The number of sulfone groups is 1. The van der Waals surface area contributed by atoms with Crippen LogP contribution in [0.15, 0.2) is 23.1 Å². The Balaban J connectivity index is 2.50. The number of nitrogens with zero attached hydrogens (tertiary/aromatic N) is 1. The predicted molar refractivity (Wildman–Crippen MR) is 77.2 cm³/mol. The first-order valence-corrected chi connectivity index (χ1v) is 8.54. The van der Waals surface area contributed by atoms with Crippen molar-refractivity contribution in [2.75, 3.05) is 17.7 Å². The lowest BCUT2D eigenvalue weighted by Crippen LogP contribution is -2.38. The Labute approximate surface area is 119 Å². The molecule has 0 radical (unpaired) electrons. The lowest BCUT2D eigenvalue weighted by Gasteiger charge is -2.36. The second-order valence-corrected chi connectivity index (χ2v) is 7.31. The number of anilines is 1. The van der Waals surface area contributed by atoms with E-state index in [1.54, 1.807) is 6.07 Å². The summed E-state index contributed by atoms with van der Waals surface area (Å²) < 4.78 is 23.1. The van der Waals surface area contributed by atoms with Crippen LogP contribution in [0, 0.1) is 0 Å². The van der Waals surface area contributed by atoms with Crippen LogP contribution in [0.5, 0.6) is 0 Å². The molecule has 0 aliphatic carbocycles. The number of aromatic carboxylic acids is 1. The van der Waals surface area contributed by atoms with Gasteiger partial charge in [0.1, 0.15) is 0 Å². The average molecular weight is 297 g/mol. The third kappa shape index (κ3) is 2.95. The fraction of sp³-hybridized carbons (Fsp3) is 0.500. The number of benzene rings is 1. The molecule has 1 N–H and O–H groups in total. The zero-order chi connectivity index (χ0) is 14.9. The zero-order valence-corrected chi connectivity index (χ0v) is 12.5. The van der Waals surface area contributed by atoms with Crippen LogP contribution in [0.4, 0.5) is 5.69 Å². The van der Waals surface area contributed by atoms with Crippen LogP contribution in [-0.4, -0.2) is 38.3 Å². The summed E-state index contributed by atoms with van der Waals surface area (Å²) in [5.41, 5.74) is 0.666. The maximum atomic E-state index is 11.6. The normalized spacial score (nSPS) is 19.9. The van der Waals surface area contributed by atoms with E-state index < -0.39 is 15.8 Å². The molecule has 6 heteroatoms. The first-order chi connectivity index (χ1) is 9.30. The van der Waals surface area contributed by atoms with Crippen LogP contribution >= 0.6 is 0 Å². The van der Waals surface area contributed by atoms with Crippen LogP contribution < -0.4 is 4.90 Å². The van der Waals surface area contributed by atoms with Crippen molar-refractivity contribution >= 4 is 21.5 Å². The van der Waals surface area contributed by atoms with E-state index in [-0.39, 0.29) is 16.5 Å². The molecule has 0 spiro atoms. The molecule has 1 aliphatic heterocycles. The Morgan fingerprint density at radius 3 is 2.60 bits per heavy atom. The first kappa shape index (κ1) is 14.8. The molecule has 0 amide bonds. The number of piperidine rings is 1. The molecule has 1 heterocycles. The van der Waals surface area contributed by atoms with Gasteiger partial charge in [-0.1, -0.05) is 0 Å². The fourth-order valence-electron chi connectivity index (χ4n) is 2.62. The Morgan fingerprint density at radius 2 is 2.05 bits per heavy atom. The minimum absolute atomic E-state index is 0.0447. The summed E-state index contributed by atoms with van der Waals surface area (Å²) in [6, 6.07) is 4.62. The average Bonchev–Trinajstić information content (AvgIpc) is 2.37. The van der Waals surface area contributed by atoms with E-state index in [1.807, 2.05) is 0 Å². The number of hydrogen-bond acceptors (Lipinski definition) is 4. The number of hydrogen-bond donors (Lipinski definition) is 1. The van der Waals surface area contributed by atoms with Gasteiger partial charge >= 0.3 is 5.97 Å². The highest BCUT2D eigenvalue weighted by molar-refractivity contribution is 7.90. The van der Waals surface area contributed by atoms with Crippen molar-refractivity contribution in [3.63, 3.8) is 0 Å².